The molecule has 2 aliphatic rings. The van der Waals surface area contributed by atoms with E-state index in [0.29, 0.717) is 6.54 Å². The fourth-order valence-corrected chi connectivity index (χ4v) is 2.51. The summed E-state index contributed by atoms with van der Waals surface area (Å²) in [7, 11) is 0. The average Bonchev–Trinajstić information content (AvgIpc) is 2.80. The fraction of sp³-hybridized carbons (Fsp3) is 0.500. The molecule has 6 heteroatoms. The van der Waals surface area contributed by atoms with E-state index in [1.807, 2.05) is 17.0 Å². The minimum atomic E-state index is 0.0160. The summed E-state index contributed by atoms with van der Waals surface area (Å²) in [4.78, 5) is 19.9. The van der Waals surface area contributed by atoms with Gasteiger partial charge in [-0.1, -0.05) is 6.07 Å². The van der Waals surface area contributed by atoms with Crippen molar-refractivity contribution in [3.05, 3.63) is 23.9 Å². The molecule has 1 aromatic rings. The van der Waals surface area contributed by atoms with E-state index < -0.39 is 0 Å². The molecule has 0 bridgehead atoms. The molecule has 0 radical (unpaired) electrons. The molecule has 1 unspecified atom stereocenters. The molecule has 3 heterocycles. The molecule has 3 rings (SSSR count). The van der Waals surface area contributed by atoms with Crippen molar-refractivity contribution in [2.75, 3.05) is 31.1 Å². The topological polar surface area (TPSA) is 68.7 Å². The summed E-state index contributed by atoms with van der Waals surface area (Å²) in [6.07, 6.45) is 1.69. The van der Waals surface area contributed by atoms with Crippen molar-refractivity contribution in [1.82, 2.24) is 15.2 Å². The van der Waals surface area contributed by atoms with Gasteiger partial charge in [0.1, 0.15) is 5.82 Å². The molecule has 6 nitrogen and oxygen atoms in total. The highest BCUT2D eigenvalue weighted by molar-refractivity contribution is 5.77. The molecule has 2 aliphatic heterocycles. The van der Waals surface area contributed by atoms with Crippen molar-refractivity contribution in [2.45, 2.75) is 12.6 Å². The molecule has 2 saturated heterocycles. The minimum Gasteiger partial charge on any atom is -0.392 e. The third-order valence-corrected chi connectivity index (χ3v) is 3.55. The predicted octanol–water partition coefficient (Wildman–Crippen LogP) is -0.212. The number of hydrogen-bond donors (Lipinski definition) is 2. The lowest BCUT2D eigenvalue weighted by Gasteiger charge is -2.37. The summed E-state index contributed by atoms with van der Waals surface area (Å²) in [6, 6.07) is 4.09. The molecule has 0 saturated carbocycles. The molecule has 18 heavy (non-hydrogen) atoms. The predicted molar refractivity (Wildman–Crippen MR) is 66.3 cm³/mol. The number of aliphatic hydroxyl groups is 1. The lowest BCUT2D eigenvalue weighted by Crippen LogP contribution is -2.52. The highest BCUT2D eigenvalue weighted by atomic mass is 16.3. The number of amides is 2. The number of carbonyl (C=O) groups is 1. The number of pyridine rings is 1. The molecular formula is C12H16N4O2. The van der Waals surface area contributed by atoms with Crippen LogP contribution in [0.1, 0.15) is 5.56 Å². The summed E-state index contributed by atoms with van der Waals surface area (Å²) in [6.45, 7) is 3.08. The van der Waals surface area contributed by atoms with Crippen molar-refractivity contribution in [3.63, 3.8) is 0 Å². The van der Waals surface area contributed by atoms with Crippen LogP contribution >= 0.6 is 0 Å². The Morgan fingerprint density at radius 1 is 1.44 bits per heavy atom. The second-order valence-corrected chi connectivity index (χ2v) is 4.66. The van der Waals surface area contributed by atoms with Crippen molar-refractivity contribution in [1.29, 1.82) is 0 Å². The van der Waals surface area contributed by atoms with Gasteiger partial charge in [-0.25, -0.2) is 9.78 Å². The molecule has 1 aromatic heterocycles. The van der Waals surface area contributed by atoms with Crippen LogP contribution in [0.4, 0.5) is 10.6 Å². The van der Waals surface area contributed by atoms with Gasteiger partial charge in [-0.15, -0.1) is 0 Å². The van der Waals surface area contributed by atoms with E-state index in [9.17, 15) is 4.79 Å². The standard InChI is InChI=1S/C12H16N4O2/c17-8-9-1-2-11(13-5-9)15-3-4-16-10(7-15)6-14-12(16)18/h1-2,5,10,17H,3-4,6-8H2,(H,14,18). The van der Waals surface area contributed by atoms with Crippen molar-refractivity contribution in [3.8, 4) is 0 Å². The van der Waals surface area contributed by atoms with Crippen molar-refractivity contribution < 1.29 is 9.90 Å². The van der Waals surface area contributed by atoms with Gasteiger partial charge < -0.3 is 20.2 Å². The number of fused-ring (bicyclic) bond motifs is 1. The third kappa shape index (κ3) is 1.88. The quantitative estimate of drug-likeness (QED) is 0.760. The highest BCUT2D eigenvalue weighted by Crippen LogP contribution is 2.19. The zero-order chi connectivity index (χ0) is 12.5. The Morgan fingerprint density at radius 3 is 3.06 bits per heavy atom. The van der Waals surface area contributed by atoms with Gasteiger partial charge in [0.05, 0.1) is 12.6 Å². The molecule has 2 N–H and O–H groups in total. The van der Waals surface area contributed by atoms with E-state index in [1.165, 1.54) is 0 Å². The second-order valence-electron chi connectivity index (χ2n) is 4.66. The number of hydrogen-bond acceptors (Lipinski definition) is 4. The van der Waals surface area contributed by atoms with Gasteiger partial charge in [0, 0.05) is 32.4 Å². The number of anilines is 1. The molecule has 96 valence electrons. The van der Waals surface area contributed by atoms with Crippen molar-refractivity contribution in [2.24, 2.45) is 0 Å². The summed E-state index contributed by atoms with van der Waals surface area (Å²) in [5.74, 6) is 0.909. The Bertz CT molecular complexity index is 448. The first-order chi connectivity index (χ1) is 8.78. The lowest BCUT2D eigenvalue weighted by atomic mass is 10.2. The van der Waals surface area contributed by atoms with E-state index >= 15 is 0 Å². The Kier molecular flexibility index (Phi) is 2.79. The van der Waals surface area contributed by atoms with E-state index in [1.54, 1.807) is 6.20 Å². The first-order valence-electron chi connectivity index (χ1n) is 6.13. The molecule has 2 fully saturated rings. The summed E-state index contributed by atoms with van der Waals surface area (Å²) < 4.78 is 0. The number of aromatic nitrogens is 1. The molecule has 2 amide bonds. The van der Waals surface area contributed by atoms with Gasteiger partial charge in [0.25, 0.3) is 0 Å². The first-order valence-corrected chi connectivity index (χ1v) is 6.13. The maximum absolute atomic E-state index is 11.5. The highest BCUT2D eigenvalue weighted by Gasteiger charge is 2.35. The van der Waals surface area contributed by atoms with Gasteiger partial charge in [-0.05, 0) is 11.6 Å². The zero-order valence-electron chi connectivity index (χ0n) is 10.0. The van der Waals surface area contributed by atoms with Crippen LogP contribution in [0, 0.1) is 0 Å². The molecule has 0 aromatic carbocycles. The van der Waals surface area contributed by atoms with Gasteiger partial charge in [0.15, 0.2) is 0 Å². The number of rotatable bonds is 2. The molecule has 1 atom stereocenters. The Balaban J connectivity index is 1.72. The number of nitrogens with one attached hydrogen (secondary N) is 1. The van der Waals surface area contributed by atoms with Gasteiger partial charge in [0.2, 0.25) is 0 Å². The summed E-state index contributed by atoms with van der Waals surface area (Å²) >= 11 is 0. The fourth-order valence-electron chi connectivity index (χ4n) is 2.51. The van der Waals surface area contributed by atoms with Crippen molar-refractivity contribution >= 4 is 11.8 Å². The van der Waals surface area contributed by atoms with Gasteiger partial charge in [-0.2, -0.15) is 0 Å². The van der Waals surface area contributed by atoms with Gasteiger partial charge >= 0.3 is 6.03 Å². The van der Waals surface area contributed by atoms with E-state index in [0.717, 1.165) is 31.0 Å². The van der Waals surface area contributed by atoms with Crippen LogP contribution in [0.2, 0.25) is 0 Å². The number of nitrogens with zero attached hydrogens (tertiary/aromatic N) is 3. The largest absolute Gasteiger partial charge is 0.392 e. The van der Waals surface area contributed by atoms with E-state index in [4.69, 9.17) is 5.11 Å². The SMILES string of the molecule is O=C1NCC2CN(c3ccc(CO)cn3)CCN12. The number of urea groups is 1. The molecule has 0 spiro atoms. The van der Waals surface area contributed by atoms with Crippen LogP contribution in [0.5, 0.6) is 0 Å². The summed E-state index contributed by atoms with van der Waals surface area (Å²) in [5.41, 5.74) is 0.815. The lowest BCUT2D eigenvalue weighted by molar-refractivity contribution is 0.197. The smallest absolute Gasteiger partial charge is 0.317 e. The zero-order valence-corrected chi connectivity index (χ0v) is 10.0. The normalized spacial score (nSPS) is 22.9. The number of piperazine rings is 1. The van der Waals surface area contributed by atoms with Crippen LogP contribution in [0.15, 0.2) is 18.3 Å². The summed E-state index contributed by atoms with van der Waals surface area (Å²) in [5, 5.41) is 11.8. The molecule has 0 aliphatic carbocycles. The maximum atomic E-state index is 11.5. The average molecular weight is 248 g/mol. The first kappa shape index (κ1) is 11.3. The Labute approximate surface area is 105 Å². The number of carbonyl (C=O) groups excluding carboxylic acids is 1. The Hall–Kier alpha value is -1.82. The van der Waals surface area contributed by atoms with E-state index in [2.05, 4.69) is 15.2 Å². The van der Waals surface area contributed by atoms with Crippen LogP contribution < -0.4 is 10.2 Å². The minimum absolute atomic E-state index is 0.0160. The van der Waals surface area contributed by atoms with E-state index in [-0.39, 0.29) is 18.7 Å². The third-order valence-electron chi connectivity index (χ3n) is 3.55. The molecular weight excluding hydrogens is 232 g/mol. The monoisotopic (exact) mass is 248 g/mol. The van der Waals surface area contributed by atoms with Crippen LogP contribution in [-0.2, 0) is 6.61 Å². The second kappa shape index (κ2) is 4.45. The Morgan fingerprint density at radius 2 is 2.33 bits per heavy atom. The van der Waals surface area contributed by atoms with Crippen LogP contribution in [0.3, 0.4) is 0 Å². The maximum Gasteiger partial charge on any atom is 0.317 e. The van der Waals surface area contributed by atoms with Crippen LogP contribution in [0.25, 0.3) is 0 Å². The number of aliphatic hydroxyl groups excluding tert-OH is 1. The van der Waals surface area contributed by atoms with Crippen LogP contribution in [-0.4, -0.2) is 53.2 Å². The van der Waals surface area contributed by atoms with Gasteiger partial charge in [-0.3, -0.25) is 0 Å².